The topological polar surface area (TPSA) is 80.6 Å². The lowest BCUT2D eigenvalue weighted by Gasteiger charge is -2.10. The number of hydrogen-bond donors (Lipinski definition) is 2. The lowest BCUT2D eigenvalue weighted by Crippen LogP contribution is -2.26. The van der Waals surface area contributed by atoms with Gasteiger partial charge in [-0.2, -0.15) is 0 Å². The van der Waals surface area contributed by atoms with E-state index in [1.165, 1.54) is 31.4 Å². The van der Waals surface area contributed by atoms with Crippen molar-refractivity contribution in [3.63, 3.8) is 0 Å². The maximum absolute atomic E-state index is 12.1. The number of aromatic hydroxyl groups is 1. The van der Waals surface area contributed by atoms with Crippen LogP contribution in [0.3, 0.4) is 0 Å². The molecule has 0 saturated carbocycles. The SMILES string of the molecule is Cn1ccc(C(=O)NCc2ccc(OC(F)(F)F)cc2)c(O)c1=O. The van der Waals surface area contributed by atoms with E-state index < -0.39 is 23.6 Å². The molecule has 0 aliphatic rings. The van der Waals surface area contributed by atoms with Crippen LogP contribution in [0.25, 0.3) is 0 Å². The summed E-state index contributed by atoms with van der Waals surface area (Å²) in [7, 11) is 1.42. The van der Waals surface area contributed by atoms with Gasteiger partial charge in [-0.15, -0.1) is 13.2 Å². The Balaban J connectivity index is 2.02. The van der Waals surface area contributed by atoms with Crippen molar-refractivity contribution in [2.75, 3.05) is 0 Å². The number of benzene rings is 1. The second-order valence-corrected chi connectivity index (χ2v) is 4.87. The number of aryl methyl sites for hydroxylation is 1. The number of carbonyl (C=O) groups excluding carboxylic acids is 1. The minimum atomic E-state index is -4.77. The molecule has 0 aliphatic heterocycles. The Labute approximate surface area is 134 Å². The molecule has 1 aromatic heterocycles. The monoisotopic (exact) mass is 342 g/mol. The van der Waals surface area contributed by atoms with E-state index in [1.807, 2.05) is 0 Å². The first-order chi connectivity index (χ1) is 11.2. The van der Waals surface area contributed by atoms with Crippen LogP contribution < -0.4 is 15.6 Å². The van der Waals surface area contributed by atoms with Crippen molar-refractivity contribution in [1.82, 2.24) is 9.88 Å². The molecule has 2 rings (SSSR count). The molecule has 1 heterocycles. The number of carbonyl (C=O) groups is 1. The number of ether oxygens (including phenoxy) is 1. The minimum Gasteiger partial charge on any atom is -0.502 e. The van der Waals surface area contributed by atoms with E-state index in [9.17, 15) is 27.9 Å². The van der Waals surface area contributed by atoms with Gasteiger partial charge in [0.25, 0.3) is 11.5 Å². The molecule has 2 aromatic rings. The normalized spacial score (nSPS) is 11.2. The molecule has 24 heavy (non-hydrogen) atoms. The fraction of sp³-hybridized carbons (Fsp3) is 0.200. The molecule has 0 unspecified atom stereocenters. The summed E-state index contributed by atoms with van der Waals surface area (Å²) in [5, 5.41) is 12.1. The van der Waals surface area contributed by atoms with Crippen LogP contribution in [0.1, 0.15) is 15.9 Å². The number of amides is 1. The summed E-state index contributed by atoms with van der Waals surface area (Å²) in [6, 6.07) is 6.22. The highest BCUT2D eigenvalue weighted by Crippen LogP contribution is 2.22. The summed E-state index contributed by atoms with van der Waals surface area (Å²) < 4.78 is 41.0. The first-order valence-electron chi connectivity index (χ1n) is 6.69. The third kappa shape index (κ3) is 4.28. The Morgan fingerprint density at radius 2 is 1.88 bits per heavy atom. The molecular formula is C15H13F3N2O4. The molecule has 0 spiro atoms. The number of rotatable bonds is 4. The standard InChI is InChI=1S/C15H13F3N2O4/c1-20-7-6-11(12(21)14(20)23)13(22)19-8-9-2-4-10(5-3-9)24-15(16,17)18/h2-7,21H,8H2,1H3,(H,19,22). The average molecular weight is 342 g/mol. The Hall–Kier alpha value is -2.97. The van der Waals surface area contributed by atoms with Gasteiger partial charge in [-0.1, -0.05) is 12.1 Å². The van der Waals surface area contributed by atoms with Crippen LogP contribution in [0.15, 0.2) is 41.3 Å². The van der Waals surface area contributed by atoms with Gasteiger partial charge in [-0.3, -0.25) is 9.59 Å². The van der Waals surface area contributed by atoms with Crippen molar-refractivity contribution in [3.8, 4) is 11.5 Å². The van der Waals surface area contributed by atoms with E-state index in [2.05, 4.69) is 10.1 Å². The maximum atomic E-state index is 12.1. The smallest absolute Gasteiger partial charge is 0.502 e. The van der Waals surface area contributed by atoms with Crippen molar-refractivity contribution in [1.29, 1.82) is 0 Å². The van der Waals surface area contributed by atoms with Gasteiger partial charge in [0.2, 0.25) is 0 Å². The first-order valence-corrected chi connectivity index (χ1v) is 6.69. The van der Waals surface area contributed by atoms with Crippen molar-refractivity contribution in [2.24, 2.45) is 7.05 Å². The Morgan fingerprint density at radius 3 is 2.46 bits per heavy atom. The van der Waals surface area contributed by atoms with Crippen molar-refractivity contribution in [2.45, 2.75) is 12.9 Å². The molecule has 1 amide bonds. The fourth-order valence-electron chi connectivity index (χ4n) is 1.88. The van der Waals surface area contributed by atoms with Crippen molar-refractivity contribution in [3.05, 3.63) is 58.0 Å². The van der Waals surface area contributed by atoms with Gasteiger partial charge >= 0.3 is 6.36 Å². The summed E-state index contributed by atoms with van der Waals surface area (Å²) in [6.45, 7) is -0.000217. The van der Waals surface area contributed by atoms with Gasteiger partial charge in [0.1, 0.15) is 5.75 Å². The maximum Gasteiger partial charge on any atom is 0.573 e. The molecule has 0 fully saturated rings. The summed E-state index contributed by atoms with van der Waals surface area (Å²) in [5.74, 6) is -1.73. The second kappa shape index (κ2) is 6.65. The van der Waals surface area contributed by atoms with Crippen molar-refractivity contribution >= 4 is 5.91 Å². The molecule has 0 atom stereocenters. The first kappa shape index (κ1) is 17.4. The number of nitrogens with one attached hydrogen (secondary N) is 1. The van der Waals surface area contributed by atoms with Gasteiger partial charge in [-0.25, -0.2) is 0 Å². The van der Waals surface area contributed by atoms with Crippen LogP contribution in [0.2, 0.25) is 0 Å². The van der Waals surface area contributed by atoms with E-state index in [-0.39, 0.29) is 17.9 Å². The molecular weight excluding hydrogens is 329 g/mol. The highest BCUT2D eigenvalue weighted by Gasteiger charge is 2.30. The number of pyridine rings is 1. The zero-order valence-electron chi connectivity index (χ0n) is 12.4. The lowest BCUT2D eigenvalue weighted by molar-refractivity contribution is -0.274. The predicted octanol–water partition coefficient (Wildman–Crippen LogP) is 1.92. The van der Waals surface area contributed by atoms with Gasteiger partial charge in [0, 0.05) is 19.8 Å². The Morgan fingerprint density at radius 1 is 1.25 bits per heavy atom. The number of hydrogen-bond acceptors (Lipinski definition) is 4. The Bertz CT molecular complexity index is 798. The molecule has 128 valence electrons. The van der Waals surface area contributed by atoms with Crippen LogP contribution in [0, 0.1) is 0 Å². The fourth-order valence-corrected chi connectivity index (χ4v) is 1.88. The van der Waals surface area contributed by atoms with Crippen LogP contribution >= 0.6 is 0 Å². The number of alkyl halides is 3. The van der Waals surface area contributed by atoms with Crippen LogP contribution in [-0.4, -0.2) is 21.9 Å². The highest BCUT2D eigenvalue weighted by atomic mass is 19.4. The van der Waals surface area contributed by atoms with Gasteiger partial charge in [0.15, 0.2) is 5.75 Å². The largest absolute Gasteiger partial charge is 0.573 e. The number of nitrogens with zero attached hydrogens (tertiary/aromatic N) is 1. The van der Waals surface area contributed by atoms with Crippen LogP contribution in [0.4, 0.5) is 13.2 Å². The lowest BCUT2D eigenvalue weighted by atomic mass is 10.2. The van der Waals surface area contributed by atoms with Gasteiger partial charge in [0.05, 0.1) is 5.56 Å². The van der Waals surface area contributed by atoms with E-state index in [0.29, 0.717) is 5.56 Å². The second-order valence-electron chi connectivity index (χ2n) is 4.87. The molecule has 0 saturated heterocycles. The summed E-state index contributed by atoms with van der Waals surface area (Å²) in [5.41, 5.74) is -0.382. The predicted molar refractivity (Wildman–Crippen MR) is 77.6 cm³/mol. The third-order valence-electron chi connectivity index (χ3n) is 3.10. The molecule has 2 N–H and O–H groups in total. The van der Waals surface area contributed by atoms with Crippen LogP contribution in [-0.2, 0) is 13.6 Å². The molecule has 0 aliphatic carbocycles. The van der Waals surface area contributed by atoms with Crippen molar-refractivity contribution < 1.29 is 27.8 Å². The van der Waals surface area contributed by atoms with Crippen LogP contribution in [0.5, 0.6) is 11.5 Å². The van der Waals surface area contributed by atoms with E-state index in [4.69, 9.17) is 0 Å². The molecule has 1 aromatic carbocycles. The number of aromatic nitrogens is 1. The number of halogens is 3. The highest BCUT2D eigenvalue weighted by molar-refractivity contribution is 5.96. The summed E-state index contributed by atoms with van der Waals surface area (Å²) >= 11 is 0. The molecule has 6 nitrogen and oxygen atoms in total. The minimum absolute atomic E-state index is 0.000217. The molecule has 9 heteroatoms. The zero-order valence-corrected chi connectivity index (χ0v) is 12.4. The summed E-state index contributed by atoms with van der Waals surface area (Å²) in [4.78, 5) is 23.5. The Kier molecular flexibility index (Phi) is 4.82. The van der Waals surface area contributed by atoms with Gasteiger partial charge < -0.3 is 19.7 Å². The van der Waals surface area contributed by atoms with Gasteiger partial charge in [-0.05, 0) is 23.8 Å². The zero-order chi connectivity index (χ0) is 17.9. The molecule has 0 bridgehead atoms. The van der Waals surface area contributed by atoms with E-state index in [1.54, 1.807) is 0 Å². The quantitative estimate of drug-likeness (QED) is 0.890. The van der Waals surface area contributed by atoms with E-state index in [0.717, 1.165) is 16.7 Å². The summed E-state index contributed by atoms with van der Waals surface area (Å²) in [6.07, 6.45) is -3.44. The van der Waals surface area contributed by atoms with E-state index >= 15 is 0 Å². The molecule has 0 radical (unpaired) electrons. The third-order valence-corrected chi connectivity index (χ3v) is 3.10. The average Bonchev–Trinajstić information content (AvgIpc) is 2.50.